The summed E-state index contributed by atoms with van der Waals surface area (Å²) in [6, 6.07) is 9.93. The molecule has 1 N–H and O–H groups in total. The second-order valence-corrected chi connectivity index (χ2v) is 4.79. The average Bonchev–Trinajstić information content (AvgIpc) is 2.58. The van der Waals surface area contributed by atoms with Crippen LogP contribution in [0.5, 0.6) is 11.5 Å². The number of nitro benzene ring substituents is 1. The van der Waals surface area contributed by atoms with Crippen LogP contribution in [-0.2, 0) is 11.3 Å². The molecule has 0 aliphatic rings. The lowest BCUT2D eigenvalue weighted by Gasteiger charge is -2.09. The molecule has 0 saturated carbocycles. The van der Waals surface area contributed by atoms with E-state index in [1.165, 1.54) is 7.11 Å². The summed E-state index contributed by atoms with van der Waals surface area (Å²) in [7, 11) is 1.54. The minimum absolute atomic E-state index is 0.241. The van der Waals surface area contributed by atoms with Gasteiger partial charge >= 0.3 is 5.69 Å². The van der Waals surface area contributed by atoms with Crippen molar-refractivity contribution in [2.24, 2.45) is 0 Å². The predicted octanol–water partition coefficient (Wildman–Crippen LogP) is 2.44. The van der Waals surface area contributed by atoms with Crippen LogP contribution in [0.3, 0.4) is 0 Å². The maximum atomic E-state index is 13.2. The van der Waals surface area contributed by atoms with Crippen LogP contribution >= 0.6 is 0 Å². The number of methoxy groups -OCH3 is 1. The summed E-state index contributed by atoms with van der Waals surface area (Å²) in [5.41, 5.74) is 0.413. The van der Waals surface area contributed by atoms with E-state index in [9.17, 15) is 19.3 Å². The molecule has 0 aliphatic carbocycles. The quantitative estimate of drug-likeness (QED) is 0.620. The summed E-state index contributed by atoms with van der Waals surface area (Å²) in [5, 5.41) is 13.4. The van der Waals surface area contributed by atoms with Crippen molar-refractivity contribution in [2.75, 3.05) is 13.7 Å². The van der Waals surface area contributed by atoms with Gasteiger partial charge in [0.2, 0.25) is 5.75 Å². The van der Waals surface area contributed by atoms with E-state index in [1.54, 1.807) is 24.3 Å². The molecule has 0 unspecified atom stereocenters. The number of amides is 1. The SMILES string of the molecule is COc1cccc(CNC(=O)COc2cc(F)ccc2[N+](=O)[O-])c1. The molecule has 0 saturated heterocycles. The number of hydrogen-bond donors (Lipinski definition) is 1. The zero-order valence-electron chi connectivity index (χ0n) is 12.8. The first-order valence-electron chi connectivity index (χ1n) is 6.96. The number of halogens is 1. The largest absolute Gasteiger partial charge is 0.497 e. The number of hydrogen-bond acceptors (Lipinski definition) is 5. The van der Waals surface area contributed by atoms with E-state index >= 15 is 0 Å². The lowest BCUT2D eigenvalue weighted by molar-refractivity contribution is -0.385. The van der Waals surface area contributed by atoms with Gasteiger partial charge in [-0.25, -0.2) is 4.39 Å². The van der Waals surface area contributed by atoms with Crippen LogP contribution in [0.15, 0.2) is 42.5 Å². The third-order valence-corrected chi connectivity index (χ3v) is 3.10. The molecule has 0 atom stereocenters. The first kappa shape index (κ1) is 17.2. The number of benzene rings is 2. The molecule has 8 heteroatoms. The van der Waals surface area contributed by atoms with Gasteiger partial charge in [-0.05, 0) is 23.8 Å². The normalized spacial score (nSPS) is 10.1. The van der Waals surface area contributed by atoms with Gasteiger partial charge < -0.3 is 14.8 Å². The summed E-state index contributed by atoms with van der Waals surface area (Å²) in [6.07, 6.45) is 0. The number of carbonyl (C=O) groups excluding carboxylic acids is 1. The molecular formula is C16H15FN2O5. The van der Waals surface area contributed by atoms with Crippen molar-refractivity contribution in [3.63, 3.8) is 0 Å². The van der Waals surface area contributed by atoms with E-state index in [4.69, 9.17) is 9.47 Å². The molecule has 2 rings (SSSR count). The van der Waals surface area contributed by atoms with Crippen molar-refractivity contribution in [1.29, 1.82) is 0 Å². The Bertz CT molecular complexity index is 751. The predicted molar refractivity (Wildman–Crippen MR) is 83.4 cm³/mol. The molecule has 24 heavy (non-hydrogen) atoms. The molecule has 0 aromatic heterocycles. The van der Waals surface area contributed by atoms with Gasteiger partial charge in [0, 0.05) is 18.7 Å². The Morgan fingerprint density at radius 2 is 2.08 bits per heavy atom. The minimum Gasteiger partial charge on any atom is -0.497 e. The van der Waals surface area contributed by atoms with Gasteiger partial charge in [0.15, 0.2) is 6.61 Å². The van der Waals surface area contributed by atoms with Gasteiger partial charge in [0.25, 0.3) is 5.91 Å². The van der Waals surface area contributed by atoms with Crippen molar-refractivity contribution in [1.82, 2.24) is 5.32 Å². The van der Waals surface area contributed by atoms with E-state index in [0.29, 0.717) is 5.75 Å². The van der Waals surface area contributed by atoms with Crippen LogP contribution in [-0.4, -0.2) is 24.5 Å². The Kier molecular flexibility index (Phi) is 5.67. The molecule has 0 bridgehead atoms. The topological polar surface area (TPSA) is 90.7 Å². The van der Waals surface area contributed by atoms with Gasteiger partial charge in [-0.15, -0.1) is 0 Å². The van der Waals surface area contributed by atoms with Crippen molar-refractivity contribution < 1.29 is 23.6 Å². The van der Waals surface area contributed by atoms with E-state index < -0.39 is 28.9 Å². The second kappa shape index (κ2) is 7.91. The van der Waals surface area contributed by atoms with E-state index in [0.717, 1.165) is 23.8 Å². The number of rotatable bonds is 7. The summed E-state index contributed by atoms with van der Waals surface area (Å²) < 4.78 is 23.3. The fraction of sp³-hybridized carbons (Fsp3) is 0.188. The molecule has 2 aromatic rings. The minimum atomic E-state index is -0.705. The van der Waals surface area contributed by atoms with Crippen LogP contribution in [0, 0.1) is 15.9 Å². The van der Waals surface area contributed by atoms with Crippen molar-refractivity contribution in [3.8, 4) is 11.5 Å². The van der Waals surface area contributed by atoms with Gasteiger partial charge in [-0.1, -0.05) is 12.1 Å². The molecule has 0 radical (unpaired) electrons. The fourth-order valence-corrected chi connectivity index (χ4v) is 1.93. The standard InChI is InChI=1S/C16H15FN2O5/c1-23-13-4-2-3-11(7-13)9-18-16(20)10-24-15-8-12(17)5-6-14(15)19(21)22/h2-8H,9-10H2,1H3,(H,18,20). The molecule has 0 spiro atoms. The van der Waals surface area contributed by atoms with Crippen molar-refractivity contribution in [2.45, 2.75) is 6.54 Å². The molecule has 0 aliphatic heterocycles. The third-order valence-electron chi connectivity index (χ3n) is 3.10. The smallest absolute Gasteiger partial charge is 0.311 e. The molecule has 1 amide bonds. The van der Waals surface area contributed by atoms with Crippen molar-refractivity contribution >= 4 is 11.6 Å². The molecule has 0 heterocycles. The number of nitrogens with zero attached hydrogens (tertiary/aromatic N) is 1. The summed E-state index contributed by atoms with van der Waals surface area (Å²) in [5.74, 6) is -0.811. The maximum absolute atomic E-state index is 13.2. The number of carbonyl (C=O) groups is 1. The highest BCUT2D eigenvalue weighted by Crippen LogP contribution is 2.27. The summed E-state index contributed by atoms with van der Waals surface area (Å²) in [6.45, 7) is -0.223. The van der Waals surface area contributed by atoms with Gasteiger partial charge in [-0.3, -0.25) is 14.9 Å². The zero-order chi connectivity index (χ0) is 17.5. The lowest BCUT2D eigenvalue weighted by atomic mass is 10.2. The molecule has 7 nitrogen and oxygen atoms in total. The van der Waals surface area contributed by atoms with Crippen LogP contribution in [0.2, 0.25) is 0 Å². The number of nitro groups is 1. The Labute approximate surface area is 137 Å². The molecule has 2 aromatic carbocycles. The van der Waals surface area contributed by atoms with Gasteiger partial charge in [0.05, 0.1) is 12.0 Å². The highest BCUT2D eigenvalue weighted by atomic mass is 19.1. The van der Waals surface area contributed by atoms with Crippen LogP contribution in [0.25, 0.3) is 0 Å². The molecule has 126 valence electrons. The molecule has 0 fully saturated rings. The second-order valence-electron chi connectivity index (χ2n) is 4.79. The van der Waals surface area contributed by atoms with E-state index in [1.807, 2.05) is 0 Å². The Morgan fingerprint density at radius 3 is 2.79 bits per heavy atom. The Morgan fingerprint density at radius 1 is 1.29 bits per heavy atom. The van der Waals surface area contributed by atoms with Crippen molar-refractivity contribution in [3.05, 3.63) is 64.0 Å². The average molecular weight is 334 g/mol. The monoisotopic (exact) mass is 334 g/mol. The maximum Gasteiger partial charge on any atom is 0.311 e. The van der Waals surface area contributed by atoms with Gasteiger partial charge in [-0.2, -0.15) is 0 Å². The Hall–Kier alpha value is -3.16. The zero-order valence-corrected chi connectivity index (χ0v) is 12.8. The highest BCUT2D eigenvalue weighted by molar-refractivity contribution is 5.77. The fourth-order valence-electron chi connectivity index (χ4n) is 1.93. The van der Waals surface area contributed by atoms with E-state index in [-0.39, 0.29) is 12.3 Å². The lowest BCUT2D eigenvalue weighted by Crippen LogP contribution is -2.28. The summed E-state index contributed by atoms with van der Waals surface area (Å²) >= 11 is 0. The number of nitrogens with one attached hydrogen (secondary N) is 1. The van der Waals surface area contributed by atoms with Gasteiger partial charge in [0.1, 0.15) is 11.6 Å². The van der Waals surface area contributed by atoms with Crippen LogP contribution in [0.4, 0.5) is 10.1 Å². The van der Waals surface area contributed by atoms with E-state index in [2.05, 4.69) is 5.32 Å². The Balaban J connectivity index is 1.91. The first-order valence-corrected chi connectivity index (χ1v) is 6.96. The highest BCUT2D eigenvalue weighted by Gasteiger charge is 2.17. The molecular weight excluding hydrogens is 319 g/mol. The van der Waals surface area contributed by atoms with Crippen LogP contribution in [0.1, 0.15) is 5.56 Å². The third kappa shape index (κ3) is 4.67. The number of ether oxygens (including phenoxy) is 2. The summed E-state index contributed by atoms with van der Waals surface area (Å²) in [4.78, 5) is 21.9. The van der Waals surface area contributed by atoms with Crippen LogP contribution < -0.4 is 14.8 Å². The first-order chi connectivity index (χ1) is 11.5.